The van der Waals surface area contributed by atoms with E-state index in [0.717, 1.165) is 0 Å². The van der Waals surface area contributed by atoms with Gasteiger partial charge in [0.15, 0.2) is 0 Å². The van der Waals surface area contributed by atoms with Crippen LogP contribution in [0.4, 0.5) is 0 Å². The van der Waals surface area contributed by atoms with E-state index in [-0.39, 0.29) is 0 Å². The van der Waals surface area contributed by atoms with Crippen LogP contribution < -0.4 is 0 Å². The van der Waals surface area contributed by atoms with Crippen molar-refractivity contribution in [2.75, 3.05) is 12.8 Å². The van der Waals surface area contributed by atoms with Gasteiger partial charge in [-0.3, -0.25) is 0 Å². The van der Waals surface area contributed by atoms with Crippen LogP contribution in [0.15, 0.2) is 0 Å². The quantitative estimate of drug-likeness (QED) is 0.416. The van der Waals surface area contributed by atoms with Crippen LogP contribution in [0.3, 0.4) is 0 Å². The summed E-state index contributed by atoms with van der Waals surface area (Å²) in [5.41, 5.74) is 0. The van der Waals surface area contributed by atoms with E-state index in [1.54, 1.807) is 6.16 Å². The minimum atomic E-state index is 0.402. The van der Waals surface area contributed by atoms with E-state index in [9.17, 15) is 0 Å². The van der Waals surface area contributed by atoms with Crippen molar-refractivity contribution in [3.05, 3.63) is 0 Å². The van der Waals surface area contributed by atoms with Crippen molar-refractivity contribution < 1.29 is 0 Å². The molecule has 2 heteroatoms. The summed E-state index contributed by atoms with van der Waals surface area (Å²) < 4.78 is 0. The Morgan fingerprint density at radius 3 is 2.40 bits per heavy atom. The molecule has 1 atom stereocenters. The molecule has 0 radical (unpaired) electrons. The van der Waals surface area contributed by atoms with Crippen molar-refractivity contribution in [2.24, 2.45) is 0 Å². The Hall–Kier alpha value is 0.860. The minimum absolute atomic E-state index is 0.402. The maximum atomic E-state index is 2.42. The van der Waals surface area contributed by atoms with Crippen LogP contribution in [0.2, 0.25) is 0 Å². The molecule has 0 aromatic carbocycles. The van der Waals surface area contributed by atoms with Gasteiger partial charge in [-0.05, 0) is 0 Å². The van der Waals surface area contributed by atoms with E-state index in [4.69, 9.17) is 0 Å². The summed E-state index contributed by atoms with van der Waals surface area (Å²) in [6.07, 6.45) is 8.87. The van der Waals surface area contributed by atoms with Crippen molar-refractivity contribution in [1.82, 2.24) is 0 Å². The van der Waals surface area contributed by atoms with Gasteiger partial charge in [0.05, 0.1) is 0 Å². The molecule has 0 saturated heterocycles. The fourth-order valence-corrected chi connectivity index (χ4v) is 3.69. The molecule has 0 spiro atoms. The van der Waals surface area contributed by atoms with E-state index in [1.165, 1.54) is 40.4 Å². The molecular weight excluding hydrogens is 158 g/mol. The van der Waals surface area contributed by atoms with Crippen LogP contribution in [-0.2, 0) is 0 Å². The van der Waals surface area contributed by atoms with Crippen LogP contribution in [0, 0.1) is 0 Å². The SMILES string of the molecule is CCCCCCCP[PH3]C. The van der Waals surface area contributed by atoms with Crippen molar-refractivity contribution in [3.63, 3.8) is 0 Å². The topological polar surface area (TPSA) is 0 Å². The normalized spacial score (nSPS) is 11.8. The predicted molar refractivity (Wildman–Crippen MR) is 59.0 cm³/mol. The maximum absolute atomic E-state index is 2.42. The Morgan fingerprint density at radius 1 is 1.10 bits per heavy atom. The van der Waals surface area contributed by atoms with E-state index in [2.05, 4.69) is 13.6 Å². The van der Waals surface area contributed by atoms with Crippen LogP contribution in [0.5, 0.6) is 0 Å². The average molecular weight is 180 g/mol. The fourth-order valence-electron chi connectivity index (χ4n) is 1.03. The molecule has 10 heavy (non-hydrogen) atoms. The van der Waals surface area contributed by atoms with Crippen LogP contribution in [0.25, 0.3) is 0 Å². The molecule has 0 aliphatic heterocycles. The van der Waals surface area contributed by atoms with Gasteiger partial charge < -0.3 is 0 Å². The second-order valence-corrected chi connectivity index (χ2v) is 8.10. The molecule has 0 aromatic rings. The summed E-state index contributed by atoms with van der Waals surface area (Å²) >= 11 is 0. The Bertz CT molecular complexity index is 47.2. The third-order valence-corrected chi connectivity index (χ3v) is 5.47. The van der Waals surface area contributed by atoms with E-state index in [1.807, 2.05) is 0 Å². The summed E-state index contributed by atoms with van der Waals surface area (Å²) in [5.74, 6) is 0. The first kappa shape index (κ1) is 10.9. The standard InChI is InChI=1S/C8H22P2/c1-3-4-5-6-7-8-10-9-2/h10H,3-8H2,1-2,9H3. The first-order chi connectivity index (χ1) is 4.91. The predicted octanol–water partition coefficient (Wildman–Crippen LogP) is 3.32. The second kappa shape index (κ2) is 9.86. The van der Waals surface area contributed by atoms with Crippen molar-refractivity contribution in [3.8, 4) is 0 Å². The molecule has 0 bridgehead atoms. The molecule has 0 rings (SSSR count). The average Bonchev–Trinajstić information content (AvgIpc) is 1.97. The van der Waals surface area contributed by atoms with E-state index >= 15 is 0 Å². The van der Waals surface area contributed by atoms with Gasteiger partial charge in [0.25, 0.3) is 0 Å². The monoisotopic (exact) mass is 180 g/mol. The van der Waals surface area contributed by atoms with Gasteiger partial charge in [-0.2, -0.15) is 0 Å². The zero-order chi connectivity index (χ0) is 7.66. The summed E-state index contributed by atoms with van der Waals surface area (Å²) in [4.78, 5) is 0. The molecule has 0 aromatic heterocycles. The van der Waals surface area contributed by atoms with Crippen LogP contribution >= 0.6 is 16.5 Å². The summed E-state index contributed by atoms with van der Waals surface area (Å²) in [6.45, 7) is 4.70. The van der Waals surface area contributed by atoms with Crippen molar-refractivity contribution >= 4 is 16.5 Å². The summed E-state index contributed by atoms with van der Waals surface area (Å²) in [5, 5.41) is 0. The van der Waals surface area contributed by atoms with Crippen LogP contribution in [-0.4, -0.2) is 12.8 Å². The molecule has 0 saturated carbocycles. The first-order valence-electron chi connectivity index (χ1n) is 4.62. The van der Waals surface area contributed by atoms with Gasteiger partial charge in [0.2, 0.25) is 0 Å². The molecule has 64 valence electrons. The first-order valence-corrected chi connectivity index (χ1v) is 9.57. The Labute approximate surface area is 69.0 Å². The third kappa shape index (κ3) is 8.86. The zero-order valence-corrected chi connectivity index (χ0v) is 9.86. The van der Waals surface area contributed by atoms with E-state index < -0.39 is 0 Å². The van der Waals surface area contributed by atoms with Gasteiger partial charge >= 0.3 is 68.4 Å². The van der Waals surface area contributed by atoms with Gasteiger partial charge in [-0.25, -0.2) is 0 Å². The fraction of sp³-hybridized carbons (Fsp3) is 1.00. The Morgan fingerprint density at radius 2 is 1.80 bits per heavy atom. The molecule has 0 heterocycles. The van der Waals surface area contributed by atoms with Crippen molar-refractivity contribution in [1.29, 1.82) is 0 Å². The van der Waals surface area contributed by atoms with Crippen molar-refractivity contribution in [2.45, 2.75) is 39.0 Å². The van der Waals surface area contributed by atoms with Gasteiger partial charge in [0, 0.05) is 0 Å². The molecule has 0 nitrogen and oxygen atoms in total. The zero-order valence-electron chi connectivity index (χ0n) is 7.45. The number of rotatable bonds is 7. The molecule has 0 fully saturated rings. The molecular formula is C8H22P2. The number of unbranched alkanes of at least 4 members (excludes halogenated alkanes) is 4. The third-order valence-electron chi connectivity index (χ3n) is 1.71. The molecule has 0 aliphatic rings. The summed E-state index contributed by atoms with van der Waals surface area (Å²) in [7, 11) is 1.77. The van der Waals surface area contributed by atoms with Crippen LogP contribution in [0.1, 0.15) is 39.0 Å². The molecule has 1 unspecified atom stereocenters. The summed E-state index contributed by atoms with van der Waals surface area (Å²) in [6, 6.07) is 0. The Kier molecular flexibility index (Phi) is 10.7. The van der Waals surface area contributed by atoms with E-state index in [0.29, 0.717) is 8.27 Å². The molecule has 0 aliphatic carbocycles. The molecule has 0 N–H and O–H groups in total. The molecule has 0 amide bonds. The van der Waals surface area contributed by atoms with Gasteiger partial charge in [0.1, 0.15) is 0 Å². The van der Waals surface area contributed by atoms with Gasteiger partial charge in [-0.15, -0.1) is 0 Å². The van der Waals surface area contributed by atoms with Gasteiger partial charge in [-0.1, -0.05) is 0 Å². The number of hydrogen-bond acceptors (Lipinski definition) is 0. The second-order valence-electron chi connectivity index (χ2n) is 2.77. The number of hydrogen-bond donors (Lipinski definition) is 0. The Balaban J connectivity index is 2.65.